The zero-order chi connectivity index (χ0) is 25.8. The highest BCUT2D eigenvalue weighted by atomic mass is 35.5. The third-order valence-electron chi connectivity index (χ3n) is 5.84. The van der Waals surface area contributed by atoms with Gasteiger partial charge >= 0.3 is 0 Å². The molecule has 0 spiro atoms. The van der Waals surface area contributed by atoms with Gasteiger partial charge in [-0.25, -0.2) is 0 Å². The van der Waals surface area contributed by atoms with Crippen molar-refractivity contribution in [3.8, 4) is 0 Å². The zero-order valence-electron chi connectivity index (χ0n) is 22.0. The van der Waals surface area contributed by atoms with Gasteiger partial charge in [-0.15, -0.1) is 0 Å². The molecule has 5 nitrogen and oxygen atoms in total. The molecular weight excluding hydrogens is 446 g/mol. The number of hydrogen-bond acceptors (Lipinski definition) is 4. The fraction of sp³-hybridized carbons (Fsp3) is 0.500. The molecule has 1 unspecified atom stereocenters. The van der Waals surface area contributed by atoms with E-state index in [-0.39, 0.29) is 17.7 Å². The Morgan fingerprint density at radius 3 is 2.38 bits per heavy atom. The van der Waals surface area contributed by atoms with Crippen LogP contribution in [0.5, 0.6) is 0 Å². The van der Waals surface area contributed by atoms with Crippen molar-refractivity contribution in [2.24, 2.45) is 0 Å². The number of aryl methyl sites for hydroxylation is 1. The molecule has 188 valence electrons. The van der Waals surface area contributed by atoms with Gasteiger partial charge in [0, 0.05) is 48.9 Å². The van der Waals surface area contributed by atoms with Gasteiger partial charge in [0.15, 0.2) is 5.78 Å². The van der Waals surface area contributed by atoms with Gasteiger partial charge in [0.2, 0.25) is 5.91 Å². The van der Waals surface area contributed by atoms with E-state index in [4.69, 9.17) is 11.6 Å². The Hall–Kier alpha value is -2.37. The summed E-state index contributed by atoms with van der Waals surface area (Å²) in [5.41, 5.74) is 2.69. The molecule has 0 saturated carbocycles. The van der Waals surface area contributed by atoms with Crippen molar-refractivity contribution in [1.29, 1.82) is 0 Å². The number of likely N-dealkylation sites (N-methyl/N-ethyl adjacent to an activating group) is 1. The fourth-order valence-electron chi connectivity index (χ4n) is 3.68. The van der Waals surface area contributed by atoms with E-state index < -0.39 is 0 Å². The maximum atomic E-state index is 12.5. The summed E-state index contributed by atoms with van der Waals surface area (Å²) in [6.07, 6.45) is 7.28. The molecule has 1 saturated heterocycles. The number of piperazine rings is 1. The Kier molecular flexibility index (Phi) is 12.9. The van der Waals surface area contributed by atoms with Crippen LogP contribution in [0.25, 0.3) is 0 Å². The number of rotatable bonds is 8. The molecule has 1 heterocycles. The number of benzene rings is 1. The molecule has 2 rings (SSSR count). The van der Waals surface area contributed by atoms with E-state index in [1.807, 2.05) is 62.2 Å². The maximum Gasteiger partial charge on any atom is 0.246 e. The number of carbonyl (C=O) groups excluding carboxylic acids is 2. The number of carbonyl (C=O) groups is 2. The number of allylic oxidation sites excluding steroid dienone is 2. The van der Waals surface area contributed by atoms with E-state index in [1.54, 1.807) is 17.9 Å². The van der Waals surface area contributed by atoms with Crippen molar-refractivity contribution in [2.75, 3.05) is 26.7 Å². The average molecular weight is 488 g/mol. The third-order valence-corrected chi connectivity index (χ3v) is 6.21. The van der Waals surface area contributed by atoms with Crippen LogP contribution in [0.2, 0.25) is 5.02 Å². The van der Waals surface area contributed by atoms with E-state index in [0.29, 0.717) is 24.8 Å². The minimum Gasteiger partial charge on any atom is -0.337 e. The first kappa shape index (κ1) is 29.7. The second-order valence-electron chi connectivity index (χ2n) is 8.94. The van der Waals surface area contributed by atoms with Gasteiger partial charge in [-0.05, 0) is 52.3 Å². The highest BCUT2D eigenvalue weighted by molar-refractivity contribution is 6.31. The SMILES string of the molecule is C=C1CN(C(=O)/C=C/CN(C)C(C)C)CC(C)N1/C(=C\CC)C(C)=O.CCc1ccccc1Cl. The van der Waals surface area contributed by atoms with Crippen LogP contribution < -0.4 is 0 Å². The molecule has 1 aliphatic heterocycles. The summed E-state index contributed by atoms with van der Waals surface area (Å²) in [6.45, 7) is 17.8. The Labute approximate surface area is 211 Å². The lowest BCUT2D eigenvalue weighted by Crippen LogP contribution is -2.51. The molecule has 0 aromatic heterocycles. The summed E-state index contributed by atoms with van der Waals surface area (Å²) < 4.78 is 0. The van der Waals surface area contributed by atoms with Crippen LogP contribution in [-0.4, -0.2) is 65.2 Å². The molecule has 0 aliphatic carbocycles. The van der Waals surface area contributed by atoms with Gasteiger partial charge in [0.05, 0.1) is 12.2 Å². The number of Topliss-reactive ketones (excluding diaryl/α,β-unsaturated/α-hetero) is 1. The topological polar surface area (TPSA) is 43.9 Å². The maximum absolute atomic E-state index is 12.5. The van der Waals surface area contributed by atoms with Gasteiger partial charge in [0.1, 0.15) is 0 Å². The smallest absolute Gasteiger partial charge is 0.246 e. The van der Waals surface area contributed by atoms with Crippen molar-refractivity contribution in [2.45, 2.75) is 66.5 Å². The number of nitrogens with zero attached hydrogens (tertiary/aromatic N) is 3. The summed E-state index contributed by atoms with van der Waals surface area (Å²) in [7, 11) is 2.03. The van der Waals surface area contributed by atoms with Crippen LogP contribution in [-0.2, 0) is 16.0 Å². The van der Waals surface area contributed by atoms with Crippen LogP contribution in [0, 0.1) is 0 Å². The molecule has 0 N–H and O–H groups in total. The Bertz CT molecular complexity index is 891. The van der Waals surface area contributed by atoms with Crippen LogP contribution >= 0.6 is 11.6 Å². The first-order valence-corrected chi connectivity index (χ1v) is 12.5. The van der Waals surface area contributed by atoms with E-state index in [2.05, 4.69) is 32.3 Å². The average Bonchev–Trinajstić information content (AvgIpc) is 2.78. The first-order chi connectivity index (χ1) is 16.0. The largest absolute Gasteiger partial charge is 0.337 e. The number of ketones is 1. The van der Waals surface area contributed by atoms with Crippen molar-refractivity contribution >= 4 is 23.3 Å². The minimum atomic E-state index is -0.00588. The molecule has 1 amide bonds. The minimum absolute atomic E-state index is 0.00588. The summed E-state index contributed by atoms with van der Waals surface area (Å²) in [4.78, 5) is 30.3. The molecule has 1 fully saturated rings. The van der Waals surface area contributed by atoms with Gasteiger partial charge in [-0.1, -0.05) is 62.4 Å². The van der Waals surface area contributed by atoms with E-state index in [0.717, 1.165) is 30.1 Å². The lowest BCUT2D eigenvalue weighted by Gasteiger charge is -2.43. The fourth-order valence-corrected chi connectivity index (χ4v) is 3.94. The highest BCUT2D eigenvalue weighted by Crippen LogP contribution is 2.24. The Balaban J connectivity index is 0.000000533. The van der Waals surface area contributed by atoms with Crippen LogP contribution in [0.3, 0.4) is 0 Å². The van der Waals surface area contributed by atoms with Gasteiger partial charge in [0.25, 0.3) is 0 Å². The van der Waals surface area contributed by atoms with Gasteiger partial charge in [-0.3, -0.25) is 9.59 Å². The molecular formula is C28H42ClN3O2. The lowest BCUT2D eigenvalue weighted by atomic mass is 10.1. The van der Waals surface area contributed by atoms with Crippen molar-refractivity contribution in [3.63, 3.8) is 0 Å². The highest BCUT2D eigenvalue weighted by Gasteiger charge is 2.31. The van der Waals surface area contributed by atoms with Gasteiger partial charge in [-0.2, -0.15) is 0 Å². The van der Waals surface area contributed by atoms with E-state index >= 15 is 0 Å². The Morgan fingerprint density at radius 2 is 1.91 bits per heavy atom. The van der Waals surface area contributed by atoms with Crippen molar-refractivity contribution in [3.05, 3.63) is 71.1 Å². The van der Waals surface area contributed by atoms with Crippen molar-refractivity contribution in [1.82, 2.24) is 14.7 Å². The first-order valence-electron chi connectivity index (χ1n) is 12.1. The zero-order valence-corrected chi connectivity index (χ0v) is 22.7. The summed E-state index contributed by atoms with van der Waals surface area (Å²) in [5.74, 6) is 0.0277. The number of amides is 1. The molecule has 0 radical (unpaired) electrons. The molecule has 6 heteroatoms. The molecule has 34 heavy (non-hydrogen) atoms. The van der Waals surface area contributed by atoms with Crippen LogP contribution in [0.15, 0.2) is 60.5 Å². The number of hydrogen-bond donors (Lipinski definition) is 0. The Morgan fingerprint density at radius 1 is 1.26 bits per heavy atom. The summed E-state index contributed by atoms with van der Waals surface area (Å²) in [6, 6.07) is 8.38. The van der Waals surface area contributed by atoms with Crippen LogP contribution in [0.1, 0.15) is 53.5 Å². The number of halogens is 1. The van der Waals surface area contributed by atoms with Crippen LogP contribution in [0.4, 0.5) is 0 Å². The summed E-state index contributed by atoms with van der Waals surface area (Å²) in [5, 5.41) is 0.875. The van der Waals surface area contributed by atoms with E-state index in [9.17, 15) is 9.59 Å². The monoisotopic (exact) mass is 487 g/mol. The molecule has 1 aliphatic rings. The predicted octanol–water partition coefficient (Wildman–Crippen LogP) is 5.71. The quantitative estimate of drug-likeness (QED) is 0.440. The van der Waals surface area contributed by atoms with Gasteiger partial charge < -0.3 is 14.7 Å². The normalized spacial score (nSPS) is 16.8. The third kappa shape index (κ3) is 9.11. The van der Waals surface area contributed by atoms with E-state index in [1.165, 1.54) is 5.56 Å². The summed E-state index contributed by atoms with van der Waals surface area (Å²) >= 11 is 5.82. The standard InChI is InChI=1S/C20H33N3O2.C8H9Cl/c1-8-10-19(18(6)24)23-16(4)13-22(14-17(23)5)20(25)11-9-12-21(7)15(2)3;1-2-7-5-3-4-6-8(7)9/h9-11,15,17H,4,8,12-14H2,1-3,5-7H3;3-6H,2H2,1H3/b11-9+,19-10-;. The lowest BCUT2D eigenvalue weighted by molar-refractivity contribution is -0.127. The predicted molar refractivity (Wildman–Crippen MR) is 144 cm³/mol. The molecule has 1 atom stereocenters. The second kappa shape index (κ2) is 14.8. The molecule has 0 bridgehead atoms. The van der Waals surface area contributed by atoms with Crippen molar-refractivity contribution < 1.29 is 9.59 Å². The molecule has 1 aromatic rings. The molecule has 1 aromatic carbocycles. The second-order valence-corrected chi connectivity index (χ2v) is 9.35.